The van der Waals surface area contributed by atoms with E-state index in [9.17, 15) is 13.6 Å². The molecule has 7 heteroatoms. The summed E-state index contributed by atoms with van der Waals surface area (Å²) in [6.07, 6.45) is 0. The van der Waals surface area contributed by atoms with Gasteiger partial charge in [0, 0.05) is 5.56 Å². The molecule has 0 aliphatic rings. The molecular formula is C8H6BrF2NO3. The molecule has 15 heavy (non-hydrogen) atoms. The van der Waals surface area contributed by atoms with E-state index in [2.05, 4.69) is 15.9 Å². The normalized spacial score (nSPS) is 12.5. The minimum Gasteiger partial charge on any atom is -0.504 e. The molecule has 0 bridgehead atoms. The zero-order valence-electron chi connectivity index (χ0n) is 7.17. The summed E-state index contributed by atoms with van der Waals surface area (Å²) in [5, 5.41) is 17.5. The van der Waals surface area contributed by atoms with Crippen LogP contribution in [0.2, 0.25) is 0 Å². The molecule has 0 saturated carbocycles. The summed E-state index contributed by atoms with van der Waals surface area (Å²) in [6.45, 7) is 0. The van der Waals surface area contributed by atoms with Gasteiger partial charge in [-0.1, -0.05) is 0 Å². The molecule has 0 aromatic heterocycles. The van der Waals surface area contributed by atoms with Crippen LogP contribution in [0.3, 0.4) is 0 Å². The number of halogens is 3. The number of carboxylic acid groups (broad SMARTS) is 1. The Labute approximate surface area is 91.4 Å². The molecular weight excluding hydrogens is 276 g/mol. The Morgan fingerprint density at radius 3 is 2.47 bits per heavy atom. The maximum absolute atomic E-state index is 13.2. The topological polar surface area (TPSA) is 83.6 Å². The van der Waals surface area contributed by atoms with Crippen molar-refractivity contribution >= 4 is 21.9 Å². The number of rotatable bonds is 2. The molecule has 1 atom stereocenters. The van der Waals surface area contributed by atoms with Gasteiger partial charge in [-0.3, -0.25) is 4.79 Å². The first-order valence-electron chi connectivity index (χ1n) is 3.71. The largest absolute Gasteiger partial charge is 0.504 e. The van der Waals surface area contributed by atoms with Crippen LogP contribution < -0.4 is 5.73 Å². The second-order valence-corrected chi connectivity index (χ2v) is 3.59. The van der Waals surface area contributed by atoms with Crippen molar-refractivity contribution in [1.82, 2.24) is 0 Å². The van der Waals surface area contributed by atoms with Crippen LogP contribution in [0.1, 0.15) is 11.6 Å². The lowest BCUT2D eigenvalue weighted by Crippen LogP contribution is -2.22. The number of aliphatic carboxylic acids is 1. The Bertz CT molecular complexity index is 425. The first-order valence-corrected chi connectivity index (χ1v) is 4.50. The van der Waals surface area contributed by atoms with Gasteiger partial charge in [-0.25, -0.2) is 4.39 Å². The van der Waals surface area contributed by atoms with E-state index in [0.29, 0.717) is 0 Å². The predicted octanol–water partition coefficient (Wildman–Crippen LogP) is 1.52. The summed E-state index contributed by atoms with van der Waals surface area (Å²) >= 11 is 2.74. The van der Waals surface area contributed by atoms with Crippen molar-refractivity contribution in [3.63, 3.8) is 0 Å². The summed E-state index contributed by atoms with van der Waals surface area (Å²) in [6, 6.07) is -0.761. The van der Waals surface area contributed by atoms with Crippen LogP contribution in [0.25, 0.3) is 0 Å². The fourth-order valence-electron chi connectivity index (χ4n) is 0.963. The van der Waals surface area contributed by atoms with Crippen LogP contribution in [0.5, 0.6) is 5.75 Å². The minimum atomic E-state index is -1.68. The Kier molecular flexibility index (Phi) is 3.25. The third-order valence-electron chi connectivity index (χ3n) is 1.76. The molecule has 1 aromatic carbocycles. The third kappa shape index (κ3) is 2.07. The van der Waals surface area contributed by atoms with E-state index < -0.39 is 35.0 Å². The molecule has 0 aliphatic carbocycles. The van der Waals surface area contributed by atoms with Crippen molar-refractivity contribution in [2.24, 2.45) is 5.73 Å². The number of hydrogen-bond acceptors (Lipinski definition) is 3. The first kappa shape index (κ1) is 11.9. The quantitative estimate of drug-likeness (QED) is 0.718. The molecule has 4 nitrogen and oxygen atoms in total. The standard InChI is InChI=1S/C8H6BrF2NO3/c9-3-1-2(6(12)8(14)15)4(10)5(11)7(3)13/h1,6,13H,12H2,(H,14,15). The van der Waals surface area contributed by atoms with E-state index in [1.807, 2.05) is 0 Å². The van der Waals surface area contributed by atoms with E-state index in [1.165, 1.54) is 0 Å². The Hall–Kier alpha value is -1.21. The monoisotopic (exact) mass is 281 g/mol. The molecule has 82 valence electrons. The van der Waals surface area contributed by atoms with Gasteiger partial charge in [-0.15, -0.1) is 0 Å². The Balaban J connectivity index is 3.38. The van der Waals surface area contributed by atoms with Crippen LogP contribution in [-0.4, -0.2) is 16.2 Å². The van der Waals surface area contributed by atoms with Gasteiger partial charge in [0.25, 0.3) is 0 Å². The van der Waals surface area contributed by atoms with Gasteiger partial charge in [-0.05, 0) is 22.0 Å². The van der Waals surface area contributed by atoms with Crippen LogP contribution in [0.4, 0.5) is 8.78 Å². The van der Waals surface area contributed by atoms with Crippen LogP contribution in [0, 0.1) is 11.6 Å². The fraction of sp³-hybridized carbons (Fsp3) is 0.125. The van der Waals surface area contributed by atoms with Crippen LogP contribution in [-0.2, 0) is 4.79 Å². The van der Waals surface area contributed by atoms with Crippen molar-refractivity contribution in [2.45, 2.75) is 6.04 Å². The SMILES string of the molecule is NC(C(=O)O)c1cc(Br)c(O)c(F)c1F. The molecule has 0 heterocycles. The zero-order chi connectivity index (χ0) is 11.7. The highest BCUT2D eigenvalue weighted by atomic mass is 79.9. The Morgan fingerprint density at radius 2 is 2.00 bits per heavy atom. The van der Waals surface area contributed by atoms with E-state index in [1.54, 1.807) is 0 Å². The number of carboxylic acids is 1. The van der Waals surface area contributed by atoms with Gasteiger partial charge < -0.3 is 15.9 Å². The second-order valence-electron chi connectivity index (χ2n) is 2.74. The number of benzene rings is 1. The summed E-state index contributed by atoms with van der Waals surface area (Å²) in [5.41, 5.74) is 4.58. The number of aromatic hydroxyl groups is 1. The number of nitrogens with two attached hydrogens (primary N) is 1. The first-order chi connectivity index (χ1) is 6.86. The molecule has 1 unspecified atom stereocenters. The number of hydrogen-bond donors (Lipinski definition) is 3. The fourth-order valence-corrected chi connectivity index (χ4v) is 1.38. The van der Waals surface area contributed by atoms with Crippen LogP contribution in [0.15, 0.2) is 10.5 Å². The van der Waals surface area contributed by atoms with E-state index >= 15 is 0 Å². The van der Waals surface area contributed by atoms with Crippen molar-refractivity contribution in [1.29, 1.82) is 0 Å². The average Bonchev–Trinajstić information content (AvgIpc) is 2.19. The lowest BCUT2D eigenvalue weighted by molar-refractivity contribution is -0.138. The lowest BCUT2D eigenvalue weighted by atomic mass is 10.1. The summed E-state index contributed by atoms with van der Waals surface area (Å²) < 4.78 is 26.0. The average molecular weight is 282 g/mol. The molecule has 0 spiro atoms. The summed E-state index contributed by atoms with van der Waals surface area (Å²) in [7, 11) is 0. The molecule has 1 rings (SSSR count). The van der Waals surface area contributed by atoms with Gasteiger partial charge in [0.15, 0.2) is 11.6 Å². The van der Waals surface area contributed by atoms with E-state index in [0.717, 1.165) is 6.07 Å². The maximum Gasteiger partial charge on any atom is 0.325 e. The maximum atomic E-state index is 13.2. The molecule has 0 aliphatic heterocycles. The van der Waals surface area contributed by atoms with Gasteiger partial charge in [0.2, 0.25) is 5.82 Å². The van der Waals surface area contributed by atoms with Crippen LogP contribution >= 0.6 is 15.9 Å². The molecule has 0 fully saturated rings. The summed E-state index contributed by atoms with van der Waals surface area (Å²) in [4.78, 5) is 10.5. The number of carbonyl (C=O) groups is 1. The highest BCUT2D eigenvalue weighted by Crippen LogP contribution is 2.32. The molecule has 0 saturated heterocycles. The van der Waals surface area contributed by atoms with Crippen molar-refractivity contribution in [3.8, 4) is 5.75 Å². The number of phenolic OH excluding ortho intramolecular Hbond substituents is 1. The van der Waals surface area contributed by atoms with Gasteiger partial charge in [-0.2, -0.15) is 4.39 Å². The Morgan fingerprint density at radius 1 is 1.47 bits per heavy atom. The van der Waals surface area contributed by atoms with E-state index in [4.69, 9.17) is 15.9 Å². The zero-order valence-corrected chi connectivity index (χ0v) is 8.75. The molecule has 0 radical (unpaired) electrons. The third-order valence-corrected chi connectivity index (χ3v) is 2.37. The van der Waals surface area contributed by atoms with Crippen molar-refractivity contribution in [3.05, 3.63) is 27.7 Å². The molecule has 1 aromatic rings. The number of phenols is 1. The van der Waals surface area contributed by atoms with E-state index in [-0.39, 0.29) is 4.47 Å². The molecule has 0 amide bonds. The molecule has 4 N–H and O–H groups in total. The van der Waals surface area contributed by atoms with Crippen molar-refractivity contribution in [2.75, 3.05) is 0 Å². The smallest absolute Gasteiger partial charge is 0.325 e. The highest BCUT2D eigenvalue weighted by molar-refractivity contribution is 9.10. The lowest BCUT2D eigenvalue weighted by Gasteiger charge is -2.10. The minimum absolute atomic E-state index is 0.159. The highest BCUT2D eigenvalue weighted by Gasteiger charge is 2.24. The predicted molar refractivity (Wildman–Crippen MR) is 50.3 cm³/mol. The van der Waals surface area contributed by atoms with Gasteiger partial charge in [0.1, 0.15) is 6.04 Å². The van der Waals surface area contributed by atoms with Gasteiger partial charge >= 0.3 is 5.97 Å². The summed E-state index contributed by atoms with van der Waals surface area (Å²) in [5.74, 6) is -5.42. The van der Waals surface area contributed by atoms with Crippen molar-refractivity contribution < 1.29 is 23.8 Å². The van der Waals surface area contributed by atoms with Gasteiger partial charge in [0.05, 0.1) is 4.47 Å². The second kappa shape index (κ2) is 4.11.